The Balaban J connectivity index is 2.32. The number of rotatable bonds is 6. The summed E-state index contributed by atoms with van der Waals surface area (Å²) in [5, 5.41) is 20.8. The molecule has 8 nitrogen and oxygen atoms in total. The van der Waals surface area contributed by atoms with Crippen LogP contribution in [-0.2, 0) is 0 Å². The van der Waals surface area contributed by atoms with E-state index in [0.29, 0.717) is 17.4 Å². The van der Waals surface area contributed by atoms with Gasteiger partial charge in [-0.1, -0.05) is 6.07 Å². The molecule has 8 heteroatoms. The highest BCUT2D eigenvalue weighted by Gasteiger charge is 2.15. The zero-order valence-corrected chi connectivity index (χ0v) is 12.5. The van der Waals surface area contributed by atoms with E-state index in [9.17, 15) is 0 Å². The van der Waals surface area contributed by atoms with E-state index in [-0.39, 0.29) is 18.8 Å². The number of anilines is 4. The lowest BCUT2D eigenvalue weighted by Crippen LogP contribution is -2.26. The molecule has 0 aliphatic carbocycles. The third-order valence-electron chi connectivity index (χ3n) is 3.02. The van der Waals surface area contributed by atoms with E-state index in [2.05, 4.69) is 15.3 Å². The van der Waals surface area contributed by atoms with Crippen LogP contribution in [0.1, 0.15) is 0 Å². The van der Waals surface area contributed by atoms with Gasteiger partial charge in [0.2, 0.25) is 0 Å². The second kappa shape index (κ2) is 7.48. The van der Waals surface area contributed by atoms with Crippen LogP contribution < -0.4 is 20.7 Å². The standard InChI is InChI=1S/C15H15N7O/c1-23-12-4-2-3-11(9-12)21-14-13(18)15(20-10-19-14)22(7-5-16)8-6-17/h2-4,9-10H,7-8,18H2,1H3,(H,19,20,21). The number of nitrogens with zero attached hydrogens (tertiary/aromatic N) is 5. The van der Waals surface area contributed by atoms with Crippen molar-refractivity contribution in [3.05, 3.63) is 30.6 Å². The SMILES string of the molecule is COc1cccc(Nc2ncnc(N(CC#N)CC#N)c2N)c1. The molecular weight excluding hydrogens is 294 g/mol. The summed E-state index contributed by atoms with van der Waals surface area (Å²) < 4.78 is 5.16. The van der Waals surface area contributed by atoms with E-state index in [0.717, 1.165) is 5.69 Å². The lowest BCUT2D eigenvalue weighted by atomic mass is 10.3. The van der Waals surface area contributed by atoms with Crippen LogP contribution in [0.4, 0.5) is 23.0 Å². The highest BCUT2D eigenvalue weighted by atomic mass is 16.5. The number of hydrogen-bond donors (Lipinski definition) is 2. The van der Waals surface area contributed by atoms with Crippen molar-refractivity contribution in [3.63, 3.8) is 0 Å². The minimum absolute atomic E-state index is 0.00731. The van der Waals surface area contributed by atoms with Crippen molar-refractivity contribution in [1.82, 2.24) is 9.97 Å². The first-order valence-electron chi connectivity index (χ1n) is 6.70. The number of benzene rings is 1. The highest BCUT2D eigenvalue weighted by molar-refractivity contribution is 5.78. The predicted octanol–water partition coefficient (Wildman–Crippen LogP) is 1.66. The lowest BCUT2D eigenvalue weighted by molar-refractivity contribution is 0.415. The van der Waals surface area contributed by atoms with Gasteiger partial charge in [0.25, 0.3) is 0 Å². The van der Waals surface area contributed by atoms with Crippen LogP contribution in [0.3, 0.4) is 0 Å². The van der Waals surface area contributed by atoms with Gasteiger partial charge < -0.3 is 20.7 Å². The third kappa shape index (κ3) is 3.77. The normalized spacial score (nSPS) is 9.52. The van der Waals surface area contributed by atoms with Crippen molar-refractivity contribution in [3.8, 4) is 17.9 Å². The first-order chi connectivity index (χ1) is 11.2. The Morgan fingerprint density at radius 2 is 2.00 bits per heavy atom. The van der Waals surface area contributed by atoms with Gasteiger partial charge in [0.1, 0.15) is 30.9 Å². The molecule has 0 unspecified atom stereocenters. The maximum atomic E-state index is 8.86. The van der Waals surface area contributed by atoms with E-state index in [1.54, 1.807) is 13.2 Å². The number of nitrogens with one attached hydrogen (secondary N) is 1. The first kappa shape index (κ1) is 15.9. The summed E-state index contributed by atoms with van der Waals surface area (Å²) in [6, 6.07) is 11.3. The van der Waals surface area contributed by atoms with Gasteiger partial charge in [0, 0.05) is 11.8 Å². The van der Waals surface area contributed by atoms with Gasteiger partial charge in [-0.25, -0.2) is 9.97 Å². The maximum absolute atomic E-state index is 8.86. The van der Waals surface area contributed by atoms with Crippen LogP contribution >= 0.6 is 0 Å². The number of aromatic nitrogens is 2. The molecule has 0 aliphatic heterocycles. The van der Waals surface area contributed by atoms with Gasteiger partial charge in [0.15, 0.2) is 11.6 Å². The summed E-state index contributed by atoms with van der Waals surface area (Å²) in [5.74, 6) is 1.43. The molecule has 3 N–H and O–H groups in total. The van der Waals surface area contributed by atoms with Gasteiger partial charge in [-0.2, -0.15) is 10.5 Å². The Hall–Kier alpha value is -3.52. The number of hydrogen-bond acceptors (Lipinski definition) is 8. The molecule has 116 valence electrons. The minimum Gasteiger partial charge on any atom is -0.497 e. The second-order valence-corrected chi connectivity index (χ2v) is 4.49. The fourth-order valence-corrected chi connectivity index (χ4v) is 1.95. The average molecular weight is 309 g/mol. The van der Waals surface area contributed by atoms with Crippen LogP contribution in [0.25, 0.3) is 0 Å². The van der Waals surface area contributed by atoms with E-state index < -0.39 is 0 Å². The molecule has 0 radical (unpaired) electrons. The Bertz CT molecular complexity index is 747. The van der Waals surface area contributed by atoms with E-state index >= 15 is 0 Å². The fourth-order valence-electron chi connectivity index (χ4n) is 1.95. The molecule has 0 spiro atoms. The predicted molar refractivity (Wildman–Crippen MR) is 86.2 cm³/mol. The van der Waals surface area contributed by atoms with Crippen LogP contribution in [0.5, 0.6) is 5.75 Å². The van der Waals surface area contributed by atoms with Gasteiger partial charge >= 0.3 is 0 Å². The third-order valence-corrected chi connectivity index (χ3v) is 3.02. The van der Waals surface area contributed by atoms with Crippen molar-refractivity contribution >= 4 is 23.0 Å². The summed E-state index contributed by atoms with van der Waals surface area (Å²) in [6.45, 7) is 0.0146. The number of nitrogen functional groups attached to an aromatic ring is 1. The smallest absolute Gasteiger partial charge is 0.159 e. The monoisotopic (exact) mass is 309 g/mol. The van der Waals surface area contributed by atoms with Crippen molar-refractivity contribution in [2.45, 2.75) is 0 Å². The summed E-state index contributed by atoms with van der Waals surface area (Å²) in [4.78, 5) is 9.67. The summed E-state index contributed by atoms with van der Waals surface area (Å²) in [6.07, 6.45) is 1.33. The van der Waals surface area contributed by atoms with Crippen LogP contribution in [0.2, 0.25) is 0 Å². The lowest BCUT2D eigenvalue weighted by Gasteiger charge is -2.20. The quantitative estimate of drug-likeness (QED) is 0.772. The molecule has 1 aromatic heterocycles. The van der Waals surface area contributed by atoms with Crippen molar-refractivity contribution < 1.29 is 4.74 Å². The fraction of sp³-hybridized carbons (Fsp3) is 0.200. The topological polar surface area (TPSA) is 124 Å². The molecule has 0 amide bonds. The Morgan fingerprint density at radius 1 is 1.26 bits per heavy atom. The molecule has 23 heavy (non-hydrogen) atoms. The highest BCUT2D eigenvalue weighted by Crippen LogP contribution is 2.29. The van der Waals surface area contributed by atoms with Gasteiger partial charge in [-0.15, -0.1) is 0 Å². The average Bonchev–Trinajstić information content (AvgIpc) is 2.57. The van der Waals surface area contributed by atoms with Crippen molar-refractivity contribution in [2.24, 2.45) is 0 Å². The van der Waals surface area contributed by atoms with Crippen LogP contribution in [0, 0.1) is 22.7 Å². The molecule has 2 rings (SSSR count). The Kier molecular flexibility index (Phi) is 5.16. The summed E-state index contributed by atoms with van der Waals surface area (Å²) in [5.41, 5.74) is 7.09. The number of ether oxygens (including phenoxy) is 1. The van der Waals surface area contributed by atoms with Crippen LogP contribution in [0.15, 0.2) is 30.6 Å². The number of nitriles is 2. The summed E-state index contributed by atoms with van der Waals surface area (Å²) >= 11 is 0. The van der Waals surface area contributed by atoms with Crippen molar-refractivity contribution in [1.29, 1.82) is 10.5 Å². The zero-order valence-electron chi connectivity index (χ0n) is 12.5. The van der Waals surface area contributed by atoms with Crippen LogP contribution in [-0.4, -0.2) is 30.2 Å². The molecule has 1 aromatic carbocycles. The first-order valence-corrected chi connectivity index (χ1v) is 6.70. The Labute approximate surface area is 133 Å². The molecule has 2 aromatic rings. The molecule has 1 heterocycles. The molecule has 0 saturated carbocycles. The second-order valence-electron chi connectivity index (χ2n) is 4.49. The molecular formula is C15H15N7O. The van der Waals surface area contributed by atoms with E-state index in [1.807, 2.05) is 30.3 Å². The van der Waals surface area contributed by atoms with Gasteiger partial charge in [0.05, 0.1) is 19.2 Å². The molecule has 0 fully saturated rings. The number of nitrogens with two attached hydrogens (primary N) is 1. The molecule has 0 aliphatic rings. The van der Waals surface area contributed by atoms with E-state index in [4.69, 9.17) is 21.0 Å². The van der Waals surface area contributed by atoms with E-state index in [1.165, 1.54) is 11.2 Å². The Morgan fingerprint density at radius 3 is 2.65 bits per heavy atom. The molecule has 0 bridgehead atoms. The van der Waals surface area contributed by atoms with Crippen molar-refractivity contribution in [2.75, 3.05) is 36.1 Å². The summed E-state index contributed by atoms with van der Waals surface area (Å²) in [7, 11) is 1.58. The number of methoxy groups -OCH3 is 1. The largest absolute Gasteiger partial charge is 0.497 e. The molecule has 0 atom stereocenters. The maximum Gasteiger partial charge on any atom is 0.159 e. The molecule has 0 saturated heterocycles. The zero-order chi connectivity index (χ0) is 16.7. The van der Waals surface area contributed by atoms with Gasteiger partial charge in [-0.3, -0.25) is 0 Å². The van der Waals surface area contributed by atoms with Gasteiger partial charge in [-0.05, 0) is 12.1 Å². The minimum atomic E-state index is 0.00731.